The molecule has 0 saturated heterocycles. The molecule has 2 N–H and O–H groups in total. The second-order valence-corrected chi connectivity index (χ2v) is 6.73. The number of amides is 1. The van der Waals surface area contributed by atoms with Gasteiger partial charge in [-0.05, 0) is 32.9 Å². The van der Waals surface area contributed by atoms with Crippen molar-refractivity contribution in [1.82, 2.24) is 15.2 Å². The first-order chi connectivity index (χ1) is 14.3. The van der Waals surface area contributed by atoms with Crippen molar-refractivity contribution in [2.24, 2.45) is 5.10 Å². The Balaban J connectivity index is 1.87. The molecule has 0 radical (unpaired) electrons. The van der Waals surface area contributed by atoms with Crippen LogP contribution in [0.25, 0.3) is 10.8 Å². The lowest BCUT2D eigenvalue weighted by Crippen LogP contribution is -2.28. The predicted molar refractivity (Wildman–Crippen MR) is 111 cm³/mol. The van der Waals surface area contributed by atoms with E-state index >= 15 is 0 Å². The summed E-state index contributed by atoms with van der Waals surface area (Å²) in [5.74, 6) is -0.334. The van der Waals surface area contributed by atoms with Crippen molar-refractivity contribution in [3.63, 3.8) is 0 Å². The van der Waals surface area contributed by atoms with Gasteiger partial charge in [-0.15, -0.1) is 0 Å². The van der Waals surface area contributed by atoms with Gasteiger partial charge in [0.1, 0.15) is 11.5 Å². The fourth-order valence-electron chi connectivity index (χ4n) is 3.12. The lowest BCUT2D eigenvalue weighted by Gasteiger charge is -2.08. The van der Waals surface area contributed by atoms with Gasteiger partial charge in [0, 0.05) is 23.9 Å². The van der Waals surface area contributed by atoms with Gasteiger partial charge in [-0.3, -0.25) is 14.4 Å². The van der Waals surface area contributed by atoms with Crippen LogP contribution in [0.3, 0.4) is 0 Å². The third kappa shape index (κ3) is 4.29. The minimum Gasteiger partial charge on any atom is -0.481 e. The summed E-state index contributed by atoms with van der Waals surface area (Å²) in [7, 11) is 0. The molecule has 3 aromatic rings. The Bertz CT molecular complexity index is 1210. The highest BCUT2D eigenvalue weighted by molar-refractivity contribution is 6.06. The SMILES string of the molecule is CCn1nc(C(=O)N/N=C(/C)c2cc(CCC(=O)O)oc2C)c2ccccc2c1=O. The molecule has 1 aromatic carbocycles. The smallest absolute Gasteiger partial charge is 0.303 e. The predicted octanol–water partition coefficient (Wildman–Crippen LogP) is 2.49. The van der Waals surface area contributed by atoms with Crippen molar-refractivity contribution >= 4 is 28.4 Å². The number of carboxylic acid groups (broad SMARTS) is 1. The fraction of sp³-hybridized carbons (Fsp3) is 0.286. The number of nitrogens with zero attached hydrogens (tertiary/aromatic N) is 3. The molecule has 9 heteroatoms. The van der Waals surface area contributed by atoms with Gasteiger partial charge < -0.3 is 9.52 Å². The van der Waals surface area contributed by atoms with Crippen LogP contribution in [0, 0.1) is 6.92 Å². The lowest BCUT2D eigenvalue weighted by molar-refractivity contribution is -0.137. The topological polar surface area (TPSA) is 127 Å². The van der Waals surface area contributed by atoms with Crippen LogP contribution in [0.5, 0.6) is 0 Å². The number of aromatic nitrogens is 2. The van der Waals surface area contributed by atoms with E-state index < -0.39 is 11.9 Å². The number of carbonyl (C=O) groups excluding carboxylic acids is 1. The summed E-state index contributed by atoms with van der Waals surface area (Å²) in [5, 5.41) is 18.0. The Labute approximate surface area is 172 Å². The molecule has 0 aliphatic rings. The van der Waals surface area contributed by atoms with Gasteiger partial charge in [0.15, 0.2) is 5.69 Å². The molecule has 0 unspecified atom stereocenters. The summed E-state index contributed by atoms with van der Waals surface area (Å²) in [6.07, 6.45) is 0.232. The van der Waals surface area contributed by atoms with Crippen LogP contribution < -0.4 is 11.0 Å². The number of furan rings is 1. The molecule has 2 heterocycles. The number of aliphatic carboxylic acids is 1. The molecule has 0 fully saturated rings. The second-order valence-electron chi connectivity index (χ2n) is 6.73. The summed E-state index contributed by atoms with van der Waals surface area (Å²) in [6.45, 7) is 5.56. The van der Waals surface area contributed by atoms with E-state index in [0.717, 1.165) is 0 Å². The monoisotopic (exact) mass is 410 g/mol. The van der Waals surface area contributed by atoms with E-state index in [0.29, 0.717) is 40.1 Å². The quantitative estimate of drug-likeness (QED) is 0.455. The molecule has 0 aliphatic carbocycles. The van der Waals surface area contributed by atoms with Crippen LogP contribution in [0.1, 0.15) is 47.8 Å². The third-order valence-electron chi connectivity index (χ3n) is 4.65. The molecule has 0 bridgehead atoms. The van der Waals surface area contributed by atoms with Gasteiger partial charge in [-0.25, -0.2) is 10.1 Å². The van der Waals surface area contributed by atoms with Crippen molar-refractivity contribution < 1.29 is 19.1 Å². The third-order valence-corrected chi connectivity index (χ3v) is 4.65. The molecule has 156 valence electrons. The van der Waals surface area contributed by atoms with Crippen molar-refractivity contribution in [3.8, 4) is 0 Å². The Kier molecular flexibility index (Phi) is 6.10. The maximum atomic E-state index is 12.8. The largest absolute Gasteiger partial charge is 0.481 e. The number of carbonyl (C=O) groups is 2. The number of benzene rings is 1. The summed E-state index contributed by atoms with van der Waals surface area (Å²) in [4.78, 5) is 35.9. The van der Waals surface area contributed by atoms with E-state index in [4.69, 9.17) is 9.52 Å². The van der Waals surface area contributed by atoms with Crippen molar-refractivity contribution in [3.05, 3.63) is 63.5 Å². The molecule has 0 saturated carbocycles. The van der Waals surface area contributed by atoms with E-state index in [1.165, 1.54) is 4.68 Å². The minimum absolute atomic E-state index is 0.0365. The van der Waals surface area contributed by atoms with Crippen LogP contribution in [0.2, 0.25) is 0 Å². The van der Waals surface area contributed by atoms with Crippen LogP contribution in [-0.2, 0) is 17.8 Å². The average molecular weight is 410 g/mol. The molecular formula is C21H22N4O5. The number of fused-ring (bicyclic) bond motifs is 1. The van der Waals surface area contributed by atoms with Gasteiger partial charge in [0.05, 0.1) is 17.5 Å². The van der Waals surface area contributed by atoms with E-state index in [2.05, 4.69) is 15.6 Å². The standard InChI is InChI=1S/C21H22N4O5/c1-4-25-21(29)16-8-6-5-7-15(16)19(24-25)20(28)23-22-12(2)17-11-14(30-13(17)3)9-10-18(26)27/h5-8,11H,4,9-10H2,1-3H3,(H,23,28)(H,26,27)/b22-12-. The Morgan fingerprint density at radius 2 is 1.97 bits per heavy atom. The maximum absolute atomic E-state index is 12.8. The molecule has 0 aliphatic heterocycles. The number of hydrazone groups is 1. The highest BCUT2D eigenvalue weighted by atomic mass is 16.4. The van der Waals surface area contributed by atoms with Crippen molar-refractivity contribution in [2.75, 3.05) is 0 Å². The summed E-state index contributed by atoms with van der Waals surface area (Å²) >= 11 is 0. The van der Waals surface area contributed by atoms with Crippen molar-refractivity contribution in [2.45, 2.75) is 40.2 Å². The van der Waals surface area contributed by atoms with Gasteiger partial charge in [0.2, 0.25) is 0 Å². The minimum atomic E-state index is -0.906. The Morgan fingerprint density at radius 1 is 1.27 bits per heavy atom. The maximum Gasteiger partial charge on any atom is 0.303 e. The van der Waals surface area contributed by atoms with E-state index in [9.17, 15) is 14.4 Å². The Morgan fingerprint density at radius 3 is 2.63 bits per heavy atom. The average Bonchev–Trinajstić information content (AvgIpc) is 3.11. The van der Waals surface area contributed by atoms with Gasteiger partial charge in [-0.2, -0.15) is 10.2 Å². The normalized spacial score (nSPS) is 11.6. The molecule has 3 rings (SSSR count). The Hall–Kier alpha value is -3.75. The summed E-state index contributed by atoms with van der Waals surface area (Å²) in [5.41, 5.74) is 3.50. The first-order valence-electron chi connectivity index (χ1n) is 9.47. The highest BCUT2D eigenvalue weighted by Gasteiger charge is 2.17. The molecule has 9 nitrogen and oxygen atoms in total. The molecular weight excluding hydrogens is 388 g/mol. The summed E-state index contributed by atoms with van der Waals surface area (Å²) in [6, 6.07) is 8.51. The molecule has 2 aromatic heterocycles. The number of carboxylic acids is 1. The van der Waals surface area contributed by atoms with Gasteiger partial charge in [0.25, 0.3) is 11.5 Å². The lowest BCUT2D eigenvalue weighted by atomic mass is 10.1. The number of hydrogen-bond acceptors (Lipinski definition) is 6. The van der Waals surface area contributed by atoms with Crippen molar-refractivity contribution in [1.29, 1.82) is 0 Å². The van der Waals surface area contributed by atoms with Crippen LogP contribution in [-0.4, -0.2) is 32.5 Å². The van der Waals surface area contributed by atoms with Crippen LogP contribution in [0.15, 0.2) is 44.6 Å². The first-order valence-corrected chi connectivity index (χ1v) is 9.47. The first kappa shape index (κ1) is 21.0. The molecule has 30 heavy (non-hydrogen) atoms. The molecule has 0 atom stereocenters. The van der Waals surface area contributed by atoms with Crippen LogP contribution >= 0.6 is 0 Å². The van der Waals surface area contributed by atoms with Gasteiger partial charge in [-0.1, -0.05) is 18.2 Å². The number of aryl methyl sites for hydroxylation is 3. The van der Waals surface area contributed by atoms with E-state index in [-0.39, 0.29) is 24.1 Å². The zero-order chi connectivity index (χ0) is 21.8. The number of nitrogens with one attached hydrogen (secondary N) is 1. The highest BCUT2D eigenvalue weighted by Crippen LogP contribution is 2.17. The number of rotatable bonds is 7. The molecule has 0 spiro atoms. The van der Waals surface area contributed by atoms with Gasteiger partial charge >= 0.3 is 5.97 Å². The zero-order valence-corrected chi connectivity index (χ0v) is 16.9. The number of hydrogen-bond donors (Lipinski definition) is 2. The fourth-order valence-corrected chi connectivity index (χ4v) is 3.12. The van der Waals surface area contributed by atoms with E-state index in [1.54, 1.807) is 51.1 Å². The van der Waals surface area contributed by atoms with E-state index in [1.807, 2.05) is 0 Å². The zero-order valence-electron chi connectivity index (χ0n) is 16.9. The summed E-state index contributed by atoms with van der Waals surface area (Å²) < 4.78 is 6.81. The second kappa shape index (κ2) is 8.73. The molecule has 1 amide bonds. The van der Waals surface area contributed by atoms with Crippen LogP contribution in [0.4, 0.5) is 0 Å².